The molecule has 0 aliphatic heterocycles. The number of benzene rings is 2. The molecule has 0 fully saturated rings. The van der Waals surface area contributed by atoms with E-state index in [0.717, 1.165) is 26.9 Å². The van der Waals surface area contributed by atoms with E-state index >= 15 is 0 Å². The molecule has 0 radical (unpaired) electrons. The van der Waals surface area contributed by atoms with Crippen molar-refractivity contribution in [2.75, 3.05) is 7.11 Å². The van der Waals surface area contributed by atoms with E-state index in [4.69, 9.17) is 11.2 Å². The van der Waals surface area contributed by atoms with Crippen LogP contribution in [-0.2, 0) is 0 Å². The summed E-state index contributed by atoms with van der Waals surface area (Å²) >= 11 is 3.46. The molecule has 0 aromatic heterocycles. The van der Waals surface area contributed by atoms with Gasteiger partial charge in [0.2, 0.25) is 0 Å². The Hall–Kier alpha value is -1.72. The molecule has 0 aliphatic carbocycles. The van der Waals surface area contributed by atoms with Crippen molar-refractivity contribution in [3.05, 3.63) is 52.5 Å². The van der Waals surface area contributed by atoms with E-state index in [-0.39, 0.29) is 0 Å². The van der Waals surface area contributed by atoms with Gasteiger partial charge >= 0.3 is 0 Å². The molecule has 0 aliphatic rings. The van der Waals surface area contributed by atoms with Crippen LogP contribution in [-0.4, -0.2) is 7.11 Å². The van der Waals surface area contributed by atoms with Crippen LogP contribution < -0.4 is 4.74 Å². The standard InChI is InChI=1S/C15H11BrO/c1-3-11-8-12(10-13(16)9-11)14-6-4-5-7-15(14)17-2/h1,4-10H,2H3. The Kier molecular flexibility index (Phi) is 3.51. The second-order valence-electron chi connectivity index (χ2n) is 3.57. The molecule has 0 bridgehead atoms. The molecule has 0 spiro atoms. The number of rotatable bonds is 2. The zero-order chi connectivity index (χ0) is 12.3. The maximum atomic E-state index is 5.43. The van der Waals surface area contributed by atoms with Crippen molar-refractivity contribution in [2.24, 2.45) is 0 Å². The SMILES string of the molecule is C#Cc1cc(Br)cc(-c2ccccc2OC)c1. The fourth-order valence-corrected chi connectivity index (χ4v) is 2.20. The summed E-state index contributed by atoms with van der Waals surface area (Å²) in [7, 11) is 1.67. The van der Waals surface area contributed by atoms with Crippen LogP contribution in [0.25, 0.3) is 11.1 Å². The van der Waals surface area contributed by atoms with Crippen molar-refractivity contribution in [3.8, 4) is 29.2 Å². The van der Waals surface area contributed by atoms with Gasteiger partial charge in [0, 0.05) is 15.6 Å². The highest BCUT2D eigenvalue weighted by molar-refractivity contribution is 9.10. The van der Waals surface area contributed by atoms with Crippen molar-refractivity contribution in [1.82, 2.24) is 0 Å². The van der Waals surface area contributed by atoms with Crippen LogP contribution in [0.15, 0.2) is 46.9 Å². The highest BCUT2D eigenvalue weighted by atomic mass is 79.9. The Bertz CT molecular complexity index is 582. The van der Waals surface area contributed by atoms with E-state index in [1.165, 1.54) is 0 Å². The Morgan fingerprint density at radius 3 is 2.65 bits per heavy atom. The third-order valence-electron chi connectivity index (χ3n) is 2.48. The minimum absolute atomic E-state index is 0.841. The quantitative estimate of drug-likeness (QED) is 0.755. The zero-order valence-electron chi connectivity index (χ0n) is 9.41. The van der Waals surface area contributed by atoms with E-state index in [1.54, 1.807) is 7.11 Å². The van der Waals surface area contributed by atoms with Gasteiger partial charge in [0.25, 0.3) is 0 Å². The van der Waals surface area contributed by atoms with Crippen molar-refractivity contribution in [3.63, 3.8) is 0 Å². The van der Waals surface area contributed by atoms with Gasteiger partial charge in [-0.1, -0.05) is 40.0 Å². The van der Waals surface area contributed by atoms with Crippen LogP contribution in [0.1, 0.15) is 5.56 Å². The van der Waals surface area contributed by atoms with Gasteiger partial charge in [-0.25, -0.2) is 0 Å². The molecule has 0 amide bonds. The van der Waals surface area contributed by atoms with Crippen molar-refractivity contribution >= 4 is 15.9 Å². The molecule has 0 saturated carbocycles. The predicted octanol–water partition coefficient (Wildman–Crippen LogP) is 4.11. The lowest BCUT2D eigenvalue weighted by Gasteiger charge is -2.09. The summed E-state index contributed by atoms with van der Waals surface area (Å²) in [5.41, 5.74) is 2.93. The van der Waals surface area contributed by atoms with Crippen molar-refractivity contribution < 1.29 is 4.74 Å². The topological polar surface area (TPSA) is 9.23 Å². The van der Waals surface area contributed by atoms with E-state index in [0.29, 0.717) is 0 Å². The van der Waals surface area contributed by atoms with Crippen molar-refractivity contribution in [2.45, 2.75) is 0 Å². The molecule has 17 heavy (non-hydrogen) atoms. The lowest BCUT2D eigenvalue weighted by Crippen LogP contribution is -1.88. The minimum atomic E-state index is 0.841. The van der Waals surface area contributed by atoms with Crippen LogP contribution in [0.3, 0.4) is 0 Å². The summed E-state index contributed by atoms with van der Waals surface area (Å²) in [6, 6.07) is 13.8. The van der Waals surface area contributed by atoms with Gasteiger partial charge in [-0.3, -0.25) is 0 Å². The first-order valence-corrected chi connectivity index (χ1v) is 5.94. The number of para-hydroxylation sites is 1. The number of hydrogen-bond acceptors (Lipinski definition) is 1. The Labute approximate surface area is 110 Å². The van der Waals surface area contributed by atoms with Gasteiger partial charge in [-0.05, 0) is 29.8 Å². The highest BCUT2D eigenvalue weighted by Crippen LogP contribution is 2.31. The lowest BCUT2D eigenvalue weighted by molar-refractivity contribution is 0.416. The number of halogens is 1. The first-order valence-electron chi connectivity index (χ1n) is 5.15. The van der Waals surface area contributed by atoms with Gasteiger partial charge in [0.1, 0.15) is 5.75 Å². The second kappa shape index (κ2) is 5.07. The molecule has 2 heteroatoms. The molecule has 0 atom stereocenters. The molecule has 2 rings (SSSR count). The highest BCUT2D eigenvalue weighted by Gasteiger charge is 2.06. The number of terminal acetylenes is 1. The normalized spacial score (nSPS) is 9.71. The third kappa shape index (κ3) is 2.51. The summed E-state index contributed by atoms with van der Waals surface area (Å²) in [5, 5.41) is 0. The maximum absolute atomic E-state index is 5.43. The first kappa shape index (κ1) is 11.8. The van der Waals surface area contributed by atoms with Gasteiger partial charge in [-0.15, -0.1) is 6.42 Å². The van der Waals surface area contributed by atoms with Crippen LogP contribution in [0.5, 0.6) is 5.75 Å². The fourth-order valence-electron chi connectivity index (χ4n) is 1.71. The van der Waals surface area contributed by atoms with Crippen LogP contribution in [0.2, 0.25) is 0 Å². The molecular weight excluding hydrogens is 276 g/mol. The van der Waals surface area contributed by atoms with Crippen LogP contribution >= 0.6 is 15.9 Å². The number of methoxy groups -OCH3 is 1. The largest absolute Gasteiger partial charge is 0.496 e. The second-order valence-corrected chi connectivity index (χ2v) is 4.49. The van der Waals surface area contributed by atoms with E-state index in [9.17, 15) is 0 Å². The van der Waals surface area contributed by atoms with Crippen LogP contribution in [0, 0.1) is 12.3 Å². The molecule has 0 unspecified atom stereocenters. The van der Waals surface area contributed by atoms with E-state index < -0.39 is 0 Å². The smallest absolute Gasteiger partial charge is 0.126 e. The average molecular weight is 287 g/mol. The molecule has 1 nitrogen and oxygen atoms in total. The summed E-state index contributed by atoms with van der Waals surface area (Å²) in [6.45, 7) is 0. The Balaban J connectivity index is 2.60. The molecule has 0 saturated heterocycles. The number of hydrogen-bond donors (Lipinski definition) is 0. The first-order chi connectivity index (χ1) is 8.24. The van der Waals surface area contributed by atoms with E-state index in [1.807, 2.05) is 42.5 Å². The van der Waals surface area contributed by atoms with Crippen LogP contribution in [0.4, 0.5) is 0 Å². The average Bonchev–Trinajstić information content (AvgIpc) is 2.37. The summed E-state index contributed by atoms with van der Waals surface area (Å²) in [5.74, 6) is 3.49. The monoisotopic (exact) mass is 286 g/mol. The zero-order valence-corrected chi connectivity index (χ0v) is 11.0. The Morgan fingerprint density at radius 1 is 1.18 bits per heavy atom. The molecule has 2 aromatic rings. The molecule has 84 valence electrons. The molecular formula is C15H11BrO. The van der Waals surface area contributed by atoms with E-state index in [2.05, 4.69) is 21.9 Å². The molecule has 0 N–H and O–H groups in total. The molecule has 0 heterocycles. The summed E-state index contributed by atoms with van der Waals surface area (Å²) < 4.78 is 6.31. The lowest BCUT2D eigenvalue weighted by atomic mass is 10.0. The van der Waals surface area contributed by atoms with Gasteiger partial charge in [0.15, 0.2) is 0 Å². The van der Waals surface area contributed by atoms with Gasteiger partial charge in [-0.2, -0.15) is 0 Å². The van der Waals surface area contributed by atoms with Crippen molar-refractivity contribution in [1.29, 1.82) is 0 Å². The van der Waals surface area contributed by atoms with Gasteiger partial charge < -0.3 is 4.74 Å². The summed E-state index contributed by atoms with van der Waals surface area (Å²) in [6.07, 6.45) is 5.43. The summed E-state index contributed by atoms with van der Waals surface area (Å²) in [4.78, 5) is 0. The maximum Gasteiger partial charge on any atom is 0.126 e. The predicted molar refractivity (Wildman–Crippen MR) is 74.1 cm³/mol. The van der Waals surface area contributed by atoms with Gasteiger partial charge in [0.05, 0.1) is 7.11 Å². The third-order valence-corrected chi connectivity index (χ3v) is 2.94. The Morgan fingerprint density at radius 2 is 1.94 bits per heavy atom. The molecule has 2 aromatic carbocycles. The number of ether oxygens (including phenoxy) is 1. The minimum Gasteiger partial charge on any atom is -0.496 e. The fraction of sp³-hybridized carbons (Fsp3) is 0.0667.